The lowest BCUT2D eigenvalue weighted by Crippen LogP contribution is -2.46. The Morgan fingerprint density at radius 3 is 2.48 bits per heavy atom. The van der Waals surface area contributed by atoms with Crippen molar-refractivity contribution in [3.63, 3.8) is 0 Å². The van der Waals surface area contributed by atoms with Crippen molar-refractivity contribution in [3.8, 4) is 11.1 Å². The highest BCUT2D eigenvalue weighted by Gasteiger charge is 2.64. The average molecular weight is 679 g/mol. The minimum atomic E-state index is -0.642. The van der Waals surface area contributed by atoms with Gasteiger partial charge in [0.15, 0.2) is 5.78 Å². The van der Waals surface area contributed by atoms with Crippen LogP contribution in [0.5, 0.6) is 0 Å². The number of aromatic nitrogens is 5. The number of likely N-dealkylation sites (tertiary alicyclic amines) is 1. The summed E-state index contributed by atoms with van der Waals surface area (Å²) in [6, 6.07) is 18.9. The van der Waals surface area contributed by atoms with Crippen molar-refractivity contribution in [1.82, 2.24) is 29.6 Å². The number of hydrogen-bond acceptors (Lipinski definition) is 7. The van der Waals surface area contributed by atoms with Crippen molar-refractivity contribution < 1.29 is 14.4 Å². The van der Waals surface area contributed by atoms with E-state index in [9.17, 15) is 14.4 Å². The third-order valence-corrected chi connectivity index (χ3v) is 9.47. The smallest absolute Gasteiger partial charge is 0.248 e. The number of carbonyl (C=O) groups is 3. The maximum atomic E-state index is 14.0. The highest BCUT2D eigenvalue weighted by molar-refractivity contribution is 9.10. The predicted octanol–water partition coefficient (Wildman–Crippen LogP) is 5.77. The molecular formula is C35H32BrN7O3. The third kappa shape index (κ3) is 5.71. The van der Waals surface area contributed by atoms with Gasteiger partial charge in [0.1, 0.15) is 34.5 Å². The van der Waals surface area contributed by atoms with Crippen LogP contribution in [0.1, 0.15) is 54.1 Å². The summed E-state index contributed by atoms with van der Waals surface area (Å²) in [5, 5.41) is 8.20. The molecule has 1 aliphatic heterocycles. The van der Waals surface area contributed by atoms with Gasteiger partial charge in [-0.25, -0.2) is 15.0 Å². The van der Waals surface area contributed by atoms with Gasteiger partial charge in [-0.15, -0.1) is 0 Å². The zero-order valence-electron chi connectivity index (χ0n) is 25.7. The van der Waals surface area contributed by atoms with Crippen molar-refractivity contribution in [2.75, 3.05) is 5.32 Å². The standard InChI is InChI=1S/C35H32BrN7O3/c1-20(44)33-26-14-24(25-17-37-21(2)38-18-25)9-10-27(26)42(41-33)19-32(45)43-28(15-35(3)16-29(35)43)34(46)40-31-13-23(12-30(36)39-31)11-22-7-5-4-6-8-22/h4-10,12-14,17-18,28-29H,11,15-16,19H2,1-3H3,(H,39,40,46)/t28?,29-,35+/m1/s1. The molecule has 2 aliphatic rings. The van der Waals surface area contributed by atoms with Gasteiger partial charge in [0.2, 0.25) is 11.8 Å². The Hall–Kier alpha value is -4.77. The topological polar surface area (TPSA) is 123 Å². The number of benzene rings is 2. The first-order valence-electron chi connectivity index (χ1n) is 15.2. The van der Waals surface area contributed by atoms with Gasteiger partial charge in [-0.1, -0.05) is 43.3 Å². The number of fused-ring (bicyclic) bond motifs is 2. The number of pyridine rings is 1. The molecule has 5 aromatic rings. The molecule has 10 nitrogen and oxygen atoms in total. The van der Waals surface area contributed by atoms with Crippen LogP contribution in [0.3, 0.4) is 0 Å². The Balaban J connectivity index is 1.13. The van der Waals surface area contributed by atoms with Crippen LogP contribution in [-0.2, 0) is 22.6 Å². The van der Waals surface area contributed by atoms with E-state index < -0.39 is 6.04 Å². The number of nitrogens with zero attached hydrogens (tertiary/aromatic N) is 6. The van der Waals surface area contributed by atoms with Crippen molar-refractivity contribution in [2.24, 2.45) is 5.41 Å². The Labute approximate surface area is 274 Å². The second kappa shape index (κ2) is 11.5. The SMILES string of the molecule is CC(=O)c1nn(CC(=O)N2C(C(=O)Nc3cc(Cc4ccccc4)cc(Br)n3)C[C@@]3(C)C[C@@H]23)c2ccc(-c3cnc(C)nc3)cc12. The van der Waals surface area contributed by atoms with Crippen LogP contribution in [0.2, 0.25) is 0 Å². The first kappa shape index (κ1) is 29.9. The van der Waals surface area contributed by atoms with E-state index in [0.717, 1.165) is 28.7 Å². The summed E-state index contributed by atoms with van der Waals surface area (Å²) in [6.45, 7) is 5.31. The number of halogens is 1. The molecule has 7 rings (SSSR count). The summed E-state index contributed by atoms with van der Waals surface area (Å²) < 4.78 is 2.19. The fourth-order valence-electron chi connectivity index (χ4n) is 6.61. The maximum Gasteiger partial charge on any atom is 0.248 e. The number of rotatable bonds is 8. The molecule has 3 aromatic heterocycles. The molecule has 2 aromatic carbocycles. The Kier molecular flexibility index (Phi) is 7.51. The monoisotopic (exact) mass is 677 g/mol. The number of nitrogens with one attached hydrogen (secondary N) is 1. The summed E-state index contributed by atoms with van der Waals surface area (Å²) in [5.41, 5.74) is 4.66. The van der Waals surface area contributed by atoms with E-state index in [4.69, 9.17) is 0 Å². The van der Waals surface area contributed by atoms with Crippen LogP contribution in [0.15, 0.2) is 77.7 Å². The van der Waals surface area contributed by atoms with Gasteiger partial charge < -0.3 is 10.2 Å². The summed E-state index contributed by atoms with van der Waals surface area (Å²) in [4.78, 5) is 55.1. The van der Waals surface area contributed by atoms with Gasteiger partial charge in [-0.3, -0.25) is 19.1 Å². The van der Waals surface area contributed by atoms with Crippen LogP contribution in [-0.4, -0.2) is 59.3 Å². The highest BCUT2D eigenvalue weighted by Crippen LogP contribution is 2.59. The summed E-state index contributed by atoms with van der Waals surface area (Å²) >= 11 is 3.48. The zero-order valence-corrected chi connectivity index (χ0v) is 27.3. The van der Waals surface area contributed by atoms with Crippen molar-refractivity contribution in [2.45, 2.75) is 58.7 Å². The second-order valence-corrected chi connectivity index (χ2v) is 13.4. The van der Waals surface area contributed by atoms with Gasteiger partial charge in [0.25, 0.3) is 0 Å². The molecule has 2 fully saturated rings. The third-order valence-electron chi connectivity index (χ3n) is 9.07. The summed E-state index contributed by atoms with van der Waals surface area (Å²) in [6.07, 6.45) is 5.59. The molecular weight excluding hydrogens is 646 g/mol. The molecule has 232 valence electrons. The number of Topliss-reactive ketones (excluding diaryl/α,β-unsaturated/α-hetero) is 1. The largest absolute Gasteiger partial charge is 0.325 e. The number of anilines is 1. The van der Waals surface area contributed by atoms with Crippen molar-refractivity contribution >= 4 is 50.2 Å². The van der Waals surface area contributed by atoms with Gasteiger partial charge >= 0.3 is 0 Å². The van der Waals surface area contributed by atoms with Crippen LogP contribution in [0, 0.1) is 12.3 Å². The van der Waals surface area contributed by atoms with E-state index in [-0.39, 0.29) is 41.3 Å². The molecule has 3 atom stereocenters. The predicted molar refractivity (Wildman–Crippen MR) is 177 cm³/mol. The van der Waals surface area contributed by atoms with Gasteiger partial charge in [0.05, 0.1) is 5.52 Å². The average Bonchev–Trinajstić information content (AvgIpc) is 3.38. The van der Waals surface area contributed by atoms with Gasteiger partial charge in [0, 0.05) is 36.3 Å². The minimum Gasteiger partial charge on any atom is -0.325 e. The maximum absolute atomic E-state index is 14.0. The number of aryl methyl sites for hydroxylation is 1. The molecule has 1 aliphatic carbocycles. The first-order chi connectivity index (χ1) is 22.1. The Morgan fingerprint density at radius 1 is 0.978 bits per heavy atom. The van der Waals surface area contributed by atoms with Crippen molar-refractivity contribution in [1.29, 1.82) is 0 Å². The van der Waals surface area contributed by atoms with E-state index in [1.165, 1.54) is 6.92 Å². The summed E-state index contributed by atoms with van der Waals surface area (Å²) in [7, 11) is 0. The van der Waals surface area contributed by atoms with E-state index in [1.54, 1.807) is 22.0 Å². The van der Waals surface area contributed by atoms with E-state index in [2.05, 4.69) is 60.4 Å². The normalized spacial score (nSPS) is 20.0. The quantitative estimate of drug-likeness (QED) is 0.163. The number of hydrogen-bond donors (Lipinski definition) is 1. The second-order valence-electron chi connectivity index (χ2n) is 12.5. The minimum absolute atomic E-state index is 0.0258. The first-order valence-corrected chi connectivity index (χ1v) is 16.0. The lowest BCUT2D eigenvalue weighted by Gasteiger charge is -2.27. The van der Waals surface area contributed by atoms with Crippen molar-refractivity contribution in [3.05, 3.63) is 100 Å². The lowest BCUT2D eigenvalue weighted by molar-refractivity contribution is -0.138. The fourth-order valence-corrected chi connectivity index (χ4v) is 7.09. The molecule has 46 heavy (non-hydrogen) atoms. The van der Waals surface area contributed by atoms with Crippen LogP contribution in [0.25, 0.3) is 22.0 Å². The Bertz CT molecular complexity index is 2010. The molecule has 1 N–H and O–H groups in total. The number of carbonyl (C=O) groups excluding carboxylic acids is 3. The molecule has 1 saturated carbocycles. The zero-order chi connectivity index (χ0) is 32.2. The number of piperidine rings is 1. The molecule has 1 saturated heterocycles. The highest BCUT2D eigenvalue weighted by atomic mass is 79.9. The molecule has 2 amide bonds. The van der Waals surface area contributed by atoms with E-state index in [1.807, 2.05) is 55.5 Å². The molecule has 4 heterocycles. The number of amides is 2. The van der Waals surface area contributed by atoms with Crippen LogP contribution >= 0.6 is 15.9 Å². The fraction of sp³-hybridized carbons (Fsp3) is 0.286. The van der Waals surface area contributed by atoms with Crippen LogP contribution < -0.4 is 5.32 Å². The summed E-state index contributed by atoms with van der Waals surface area (Å²) in [5.74, 6) is 0.422. The molecule has 0 spiro atoms. The van der Waals surface area contributed by atoms with Gasteiger partial charge in [-0.05, 0) is 88.5 Å². The molecule has 0 bridgehead atoms. The van der Waals surface area contributed by atoms with Gasteiger partial charge in [-0.2, -0.15) is 5.10 Å². The lowest BCUT2D eigenvalue weighted by atomic mass is 10.0. The van der Waals surface area contributed by atoms with E-state index >= 15 is 0 Å². The molecule has 1 unspecified atom stereocenters. The molecule has 11 heteroatoms. The molecule has 0 radical (unpaired) electrons. The Morgan fingerprint density at radius 2 is 1.74 bits per heavy atom. The number of ketones is 1. The van der Waals surface area contributed by atoms with E-state index in [0.29, 0.717) is 40.0 Å². The van der Waals surface area contributed by atoms with Crippen LogP contribution in [0.4, 0.5) is 5.82 Å².